The minimum atomic E-state index is -9.94. The van der Waals surface area contributed by atoms with E-state index in [1.807, 2.05) is 0 Å². The average Bonchev–Trinajstić information content (AvgIpc) is 3.09. The summed E-state index contributed by atoms with van der Waals surface area (Å²) in [5, 5.41) is 12.1. The molecule has 0 aliphatic heterocycles. The zero-order valence-electron chi connectivity index (χ0n) is 20.1. The molecule has 0 atom stereocenters. The zero-order chi connectivity index (χ0) is 29.2. The SMILES string of the molecule is O=C(O)Cn1c(-c2ccc(S(F)(F)(F)(F)F)cc2)ncc(NCc2ccc3c(c2)-c2ccccc2C3(F)F)c1=O. The molecule has 1 aromatic heterocycles. The highest BCUT2D eigenvalue weighted by atomic mass is 32.5. The second-order valence-corrected chi connectivity index (χ2v) is 11.5. The molecular weight excluding hydrogens is 567 g/mol. The number of hydrogen-bond acceptors (Lipinski definition) is 4. The molecule has 5 rings (SSSR count). The summed E-state index contributed by atoms with van der Waals surface area (Å²) in [5.74, 6) is -5.00. The van der Waals surface area contributed by atoms with E-state index in [1.165, 1.54) is 24.3 Å². The predicted molar refractivity (Wildman–Crippen MR) is 135 cm³/mol. The number of rotatable bonds is 7. The molecule has 2 N–H and O–H groups in total. The number of benzene rings is 3. The number of aromatic nitrogens is 2. The molecule has 1 aliphatic carbocycles. The summed E-state index contributed by atoms with van der Waals surface area (Å²) in [5.41, 5.74) is -0.354. The first-order chi connectivity index (χ1) is 18.5. The van der Waals surface area contributed by atoms with Crippen molar-refractivity contribution in [1.82, 2.24) is 9.55 Å². The van der Waals surface area contributed by atoms with Crippen molar-refractivity contribution >= 4 is 21.9 Å². The van der Waals surface area contributed by atoms with Crippen molar-refractivity contribution in [2.45, 2.75) is 23.9 Å². The van der Waals surface area contributed by atoms with Crippen molar-refractivity contribution in [1.29, 1.82) is 0 Å². The number of alkyl halides is 2. The molecule has 0 saturated carbocycles. The number of carboxylic acids is 1. The van der Waals surface area contributed by atoms with Crippen molar-refractivity contribution in [2.24, 2.45) is 0 Å². The summed E-state index contributed by atoms with van der Waals surface area (Å²) < 4.78 is 95.6. The molecule has 0 amide bonds. The Kier molecular flexibility index (Phi) is 5.68. The van der Waals surface area contributed by atoms with Gasteiger partial charge >= 0.3 is 16.2 Å². The van der Waals surface area contributed by atoms with Gasteiger partial charge < -0.3 is 10.4 Å². The van der Waals surface area contributed by atoms with E-state index < -0.39 is 39.1 Å². The summed E-state index contributed by atoms with van der Waals surface area (Å²) in [7, 11) is -9.94. The summed E-state index contributed by atoms with van der Waals surface area (Å²) in [6.07, 6.45) is 1.02. The quantitative estimate of drug-likeness (QED) is 0.221. The first-order valence-corrected chi connectivity index (χ1v) is 13.4. The molecule has 4 aromatic rings. The second-order valence-electron chi connectivity index (χ2n) is 9.13. The molecule has 0 saturated heterocycles. The van der Waals surface area contributed by atoms with E-state index in [1.54, 1.807) is 18.2 Å². The topological polar surface area (TPSA) is 84.2 Å². The van der Waals surface area contributed by atoms with Gasteiger partial charge in [-0.2, -0.15) is 8.78 Å². The van der Waals surface area contributed by atoms with Gasteiger partial charge in [-0.25, -0.2) is 4.98 Å². The van der Waals surface area contributed by atoms with Crippen LogP contribution in [0, 0.1) is 0 Å². The Balaban J connectivity index is 1.46. The third-order valence-corrected chi connectivity index (χ3v) is 7.52. The highest BCUT2D eigenvalue weighted by Gasteiger charge is 2.65. The summed E-state index contributed by atoms with van der Waals surface area (Å²) in [6.45, 7) is -0.965. The van der Waals surface area contributed by atoms with Crippen molar-refractivity contribution in [3.05, 3.63) is 100.0 Å². The molecule has 0 radical (unpaired) electrons. The Bertz CT molecular complexity index is 1740. The molecule has 0 spiro atoms. The van der Waals surface area contributed by atoms with Gasteiger partial charge in [0.25, 0.3) is 11.5 Å². The van der Waals surface area contributed by atoms with Crippen LogP contribution in [0.15, 0.2) is 82.6 Å². The highest BCUT2D eigenvalue weighted by molar-refractivity contribution is 8.45. The number of aliphatic carboxylic acids is 1. The van der Waals surface area contributed by atoms with Crippen LogP contribution in [-0.4, -0.2) is 20.6 Å². The summed E-state index contributed by atoms with van der Waals surface area (Å²) in [6, 6.07) is 11.9. The first kappa shape index (κ1) is 27.2. The van der Waals surface area contributed by atoms with Crippen molar-refractivity contribution in [3.63, 3.8) is 0 Å². The molecule has 0 fully saturated rings. The lowest BCUT2D eigenvalue weighted by molar-refractivity contribution is -0.137. The van der Waals surface area contributed by atoms with E-state index in [4.69, 9.17) is 0 Å². The number of fused-ring (bicyclic) bond motifs is 3. The fourth-order valence-electron chi connectivity index (χ4n) is 4.52. The minimum Gasteiger partial charge on any atom is -0.480 e. The maximum atomic E-state index is 14.8. The smallest absolute Gasteiger partial charge is 0.323 e. The number of carboxylic acid groups (broad SMARTS) is 1. The average molecular weight is 586 g/mol. The van der Waals surface area contributed by atoms with Gasteiger partial charge in [0.15, 0.2) is 0 Å². The highest BCUT2D eigenvalue weighted by Crippen LogP contribution is 3.02. The Hall–Kier alpha value is -4.33. The summed E-state index contributed by atoms with van der Waals surface area (Å²) >= 11 is 0. The number of carbonyl (C=O) groups is 1. The van der Waals surface area contributed by atoms with Gasteiger partial charge in [0.1, 0.15) is 23.0 Å². The third kappa shape index (κ3) is 4.90. The van der Waals surface area contributed by atoms with Gasteiger partial charge in [0, 0.05) is 23.2 Å². The fourth-order valence-corrected chi connectivity index (χ4v) is 5.17. The molecular formula is C26H18F7N3O3S. The van der Waals surface area contributed by atoms with Crippen LogP contribution in [0.1, 0.15) is 16.7 Å². The monoisotopic (exact) mass is 585 g/mol. The molecule has 0 bridgehead atoms. The Morgan fingerprint density at radius 3 is 2.23 bits per heavy atom. The number of anilines is 1. The largest absolute Gasteiger partial charge is 0.480 e. The Morgan fingerprint density at radius 2 is 1.57 bits per heavy atom. The number of halogens is 7. The van der Waals surface area contributed by atoms with Crippen LogP contribution >= 0.6 is 10.2 Å². The lowest BCUT2D eigenvalue weighted by Gasteiger charge is -2.40. The van der Waals surface area contributed by atoms with Crippen molar-refractivity contribution in [2.75, 3.05) is 5.32 Å². The Morgan fingerprint density at radius 1 is 0.925 bits per heavy atom. The fraction of sp³-hybridized carbons (Fsp3) is 0.115. The van der Waals surface area contributed by atoms with E-state index in [0.717, 1.165) is 6.20 Å². The first-order valence-electron chi connectivity index (χ1n) is 11.5. The van der Waals surface area contributed by atoms with Gasteiger partial charge in [0.2, 0.25) is 0 Å². The zero-order valence-corrected chi connectivity index (χ0v) is 20.9. The molecule has 210 valence electrons. The number of hydrogen-bond donors (Lipinski definition) is 2. The van der Waals surface area contributed by atoms with E-state index in [2.05, 4.69) is 10.3 Å². The van der Waals surface area contributed by atoms with Crippen LogP contribution in [0.5, 0.6) is 0 Å². The van der Waals surface area contributed by atoms with Crippen molar-refractivity contribution in [3.8, 4) is 22.5 Å². The van der Waals surface area contributed by atoms with Crippen LogP contribution in [0.3, 0.4) is 0 Å². The maximum Gasteiger partial charge on any atom is 0.323 e. The van der Waals surface area contributed by atoms with Gasteiger partial charge in [-0.05, 0) is 47.0 Å². The maximum absolute atomic E-state index is 14.8. The standard InChI is InChI=1S/C26H18F7N3O3S/c27-26(28)20-4-2-1-3-18(20)19-11-15(5-10-21(19)26)12-34-22-13-35-24(36(25(22)39)14-23(37)38)16-6-8-17(9-7-16)40(29,30,31,32)33/h1-11,13,34H,12,14H2,(H,37,38). The third-order valence-electron chi connectivity index (χ3n) is 6.36. The normalized spacial score (nSPS) is 15.5. The second kappa shape index (κ2) is 8.34. The van der Waals surface area contributed by atoms with Crippen LogP contribution in [0.2, 0.25) is 0 Å². The molecule has 1 heterocycles. The van der Waals surface area contributed by atoms with E-state index in [9.17, 15) is 42.9 Å². The lowest BCUT2D eigenvalue weighted by atomic mass is 10.0. The van der Waals surface area contributed by atoms with Crippen LogP contribution in [0.25, 0.3) is 22.5 Å². The van der Waals surface area contributed by atoms with Crippen LogP contribution in [0.4, 0.5) is 33.9 Å². The molecule has 1 aliphatic rings. The number of nitrogens with one attached hydrogen (secondary N) is 1. The van der Waals surface area contributed by atoms with E-state index in [0.29, 0.717) is 33.4 Å². The molecule has 40 heavy (non-hydrogen) atoms. The van der Waals surface area contributed by atoms with Crippen LogP contribution in [-0.2, 0) is 23.8 Å². The van der Waals surface area contributed by atoms with Gasteiger partial charge in [-0.3, -0.25) is 14.2 Å². The van der Waals surface area contributed by atoms with Gasteiger partial charge in [0.05, 0.1) is 6.20 Å². The van der Waals surface area contributed by atoms with Gasteiger partial charge in [-0.1, -0.05) is 55.8 Å². The lowest BCUT2D eigenvalue weighted by Crippen LogP contribution is -2.29. The van der Waals surface area contributed by atoms with Gasteiger partial charge in [-0.15, -0.1) is 0 Å². The molecule has 14 heteroatoms. The molecule has 6 nitrogen and oxygen atoms in total. The molecule has 3 aromatic carbocycles. The minimum absolute atomic E-state index is 0.0387. The van der Waals surface area contributed by atoms with E-state index >= 15 is 0 Å². The molecule has 0 unspecified atom stereocenters. The number of nitrogens with zero attached hydrogens (tertiary/aromatic N) is 2. The van der Waals surface area contributed by atoms with Crippen molar-refractivity contribution < 1.29 is 38.1 Å². The Labute approximate surface area is 221 Å². The van der Waals surface area contributed by atoms with Crippen LogP contribution < -0.4 is 10.9 Å². The van der Waals surface area contributed by atoms with E-state index in [-0.39, 0.29) is 46.9 Å². The summed E-state index contributed by atoms with van der Waals surface area (Å²) in [4.78, 5) is 26.3. The predicted octanol–water partition coefficient (Wildman–Crippen LogP) is 7.38.